The Hall–Kier alpha value is -1.87. The van der Waals surface area contributed by atoms with E-state index in [-0.39, 0.29) is 11.5 Å². The summed E-state index contributed by atoms with van der Waals surface area (Å²) in [6, 6.07) is -0.394. The summed E-state index contributed by atoms with van der Waals surface area (Å²) >= 11 is 1.64. The normalized spacial score (nSPS) is 12.6. The largest absolute Gasteiger partial charge is 0.347 e. The van der Waals surface area contributed by atoms with E-state index in [1.807, 2.05) is 6.26 Å². The molecule has 8 nitrogen and oxygen atoms in total. The van der Waals surface area contributed by atoms with E-state index >= 15 is 0 Å². The fourth-order valence-corrected chi connectivity index (χ4v) is 1.93. The van der Waals surface area contributed by atoms with Crippen LogP contribution in [0.2, 0.25) is 0 Å². The molecule has 1 atom stereocenters. The van der Waals surface area contributed by atoms with Gasteiger partial charge >= 0.3 is 5.69 Å². The minimum Gasteiger partial charge on any atom is -0.347 e. The number of rotatable bonds is 6. The molecule has 0 aliphatic heterocycles. The fraction of sp³-hybridized carbons (Fsp3) is 0.455. The lowest BCUT2D eigenvalue weighted by atomic mass is 10.2. The van der Waals surface area contributed by atoms with Crippen molar-refractivity contribution in [2.45, 2.75) is 19.4 Å². The van der Waals surface area contributed by atoms with Crippen molar-refractivity contribution in [1.29, 1.82) is 0 Å². The molecule has 1 amide bonds. The molecule has 9 heteroatoms. The van der Waals surface area contributed by atoms with Crippen LogP contribution in [0.5, 0.6) is 0 Å². The van der Waals surface area contributed by atoms with Gasteiger partial charge in [-0.15, -0.1) is 0 Å². The third-order valence-electron chi connectivity index (χ3n) is 2.59. The van der Waals surface area contributed by atoms with Crippen LogP contribution in [-0.2, 0) is 4.79 Å². The van der Waals surface area contributed by atoms with Crippen LogP contribution in [0.15, 0.2) is 14.7 Å². The van der Waals surface area contributed by atoms with Crippen molar-refractivity contribution in [2.75, 3.05) is 12.0 Å². The minimum absolute atomic E-state index is 0.189. The summed E-state index contributed by atoms with van der Waals surface area (Å²) in [5.74, 6) is 0.526. The van der Waals surface area contributed by atoms with Gasteiger partial charge in [-0.25, -0.2) is 10.2 Å². The molecule has 0 unspecified atom stereocenters. The van der Waals surface area contributed by atoms with Gasteiger partial charge < -0.3 is 10.7 Å². The molecule has 0 saturated carbocycles. The lowest BCUT2D eigenvalue weighted by Gasteiger charge is -2.05. The van der Waals surface area contributed by atoms with E-state index in [9.17, 15) is 14.4 Å². The second kappa shape index (κ2) is 7.65. The molecule has 0 aliphatic rings. The van der Waals surface area contributed by atoms with E-state index in [0.29, 0.717) is 12.1 Å². The van der Waals surface area contributed by atoms with Crippen LogP contribution < -0.4 is 22.4 Å². The predicted octanol–water partition coefficient (Wildman–Crippen LogP) is -1.81. The highest BCUT2D eigenvalue weighted by molar-refractivity contribution is 7.98. The van der Waals surface area contributed by atoms with E-state index in [4.69, 9.17) is 0 Å². The Bertz CT molecular complexity index is 607. The molecule has 1 heterocycles. The Morgan fingerprint density at radius 2 is 2.20 bits per heavy atom. The number of H-pyrrole nitrogens is 2. The van der Waals surface area contributed by atoms with E-state index in [1.54, 1.807) is 18.7 Å². The summed E-state index contributed by atoms with van der Waals surface area (Å²) in [6.07, 6.45) is 3.80. The molecular formula is C11H18N5O3S+. The van der Waals surface area contributed by atoms with Crippen molar-refractivity contribution in [2.24, 2.45) is 5.10 Å². The van der Waals surface area contributed by atoms with Crippen LogP contribution in [0.3, 0.4) is 0 Å². The number of hydrazone groups is 1. The van der Waals surface area contributed by atoms with E-state index in [1.165, 1.54) is 6.21 Å². The molecule has 0 bridgehead atoms. The van der Waals surface area contributed by atoms with E-state index in [0.717, 1.165) is 5.75 Å². The van der Waals surface area contributed by atoms with Crippen molar-refractivity contribution >= 4 is 23.9 Å². The average Bonchev–Trinajstić information content (AvgIpc) is 2.38. The van der Waals surface area contributed by atoms with Crippen molar-refractivity contribution in [1.82, 2.24) is 15.4 Å². The summed E-state index contributed by atoms with van der Waals surface area (Å²) in [5.41, 5.74) is 5.49. The summed E-state index contributed by atoms with van der Waals surface area (Å²) in [6.45, 7) is 1.57. The molecule has 0 aliphatic carbocycles. The topological polar surface area (TPSA) is 135 Å². The average molecular weight is 300 g/mol. The quantitative estimate of drug-likeness (QED) is 0.363. The monoisotopic (exact) mass is 300 g/mol. The lowest BCUT2D eigenvalue weighted by molar-refractivity contribution is -0.403. The highest BCUT2D eigenvalue weighted by Gasteiger charge is 2.15. The first kappa shape index (κ1) is 16.2. The maximum atomic E-state index is 11.6. The van der Waals surface area contributed by atoms with E-state index in [2.05, 4.69) is 26.2 Å². The smallest absolute Gasteiger partial charge is 0.325 e. The number of hydrogen-bond acceptors (Lipinski definition) is 5. The molecule has 0 fully saturated rings. The molecule has 110 valence electrons. The van der Waals surface area contributed by atoms with Gasteiger partial charge in [0, 0.05) is 12.1 Å². The molecule has 6 N–H and O–H groups in total. The number of hydrogen-bond donors (Lipinski definition) is 4. The van der Waals surface area contributed by atoms with Gasteiger partial charge in [-0.2, -0.15) is 16.9 Å². The number of carbonyl (C=O) groups excluding carboxylic acids is 1. The van der Waals surface area contributed by atoms with Crippen LogP contribution in [0.25, 0.3) is 0 Å². The Kier molecular flexibility index (Phi) is 6.19. The zero-order valence-corrected chi connectivity index (χ0v) is 12.2. The number of amides is 1. The Labute approximate surface area is 119 Å². The molecule has 20 heavy (non-hydrogen) atoms. The highest BCUT2D eigenvalue weighted by atomic mass is 32.2. The predicted molar refractivity (Wildman–Crippen MR) is 77.8 cm³/mol. The number of nitrogens with zero attached hydrogens (tertiary/aromatic N) is 1. The van der Waals surface area contributed by atoms with Crippen molar-refractivity contribution in [3.63, 3.8) is 0 Å². The molecular weight excluding hydrogens is 282 g/mol. The maximum absolute atomic E-state index is 11.6. The van der Waals surface area contributed by atoms with Crippen LogP contribution in [0.1, 0.15) is 17.7 Å². The first-order chi connectivity index (χ1) is 9.45. The number of nitrogens with one attached hydrogen (secondary N) is 3. The van der Waals surface area contributed by atoms with Gasteiger partial charge in [0.1, 0.15) is 0 Å². The SMILES string of the molecule is CSCC[C@H]([NH3+])C(=O)N/N=C/c1c(C)[nH]c(=O)[nH]c1=O. The van der Waals surface area contributed by atoms with Crippen LogP contribution >= 0.6 is 11.8 Å². The Balaban J connectivity index is 2.68. The summed E-state index contributed by atoms with van der Waals surface area (Å²) < 4.78 is 0. The van der Waals surface area contributed by atoms with Gasteiger partial charge in [0.25, 0.3) is 11.5 Å². The van der Waals surface area contributed by atoms with Gasteiger partial charge in [-0.1, -0.05) is 0 Å². The Morgan fingerprint density at radius 3 is 2.80 bits per heavy atom. The van der Waals surface area contributed by atoms with E-state index < -0.39 is 17.3 Å². The molecule has 1 rings (SSSR count). The maximum Gasteiger partial charge on any atom is 0.325 e. The number of thioether (sulfide) groups is 1. The lowest BCUT2D eigenvalue weighted by Crippen LogP contribution is -2.67. The zero-order valence-electron chi connectivity index (χ0n) is 11.4. The molecule has 0 aromatic carbocycles. The summed E-state index contributed by atoms with van der Waals surface area (Å²) in [5, 5.41) is 3.71. The number of quaternary nitrogens is 1. The summed E-state index contributed by atoms with van der Waals surface area (Å²) in [4.78, 5) is 38.7. The minimum atomic E-state index is -0.580. The first-order valence-electron chi connectivity index (χ1n) is 5.93. The standard InChI is InChI=1S/C11H17N5O3S/c1-6-7(9(17)15-11(19)14-6)5-13-16-10(18)8(12)3-4-20-2/h5,8H,3-4,12H2,1-2H3,(H,16,18)(H2,14,15,17,19)/p+1/b13-5+/t8-/m0/s1. The molecule has 0 spiro atoms. The van der Waals surface area contributed by atoms with Gasteiger partial charge in [0.15, 0.2) is 6.04 Å². The Morgan fingerprint density at radius 1 is 1.50 bits per heavy atom. The van der Waals surface area contributed by atoms with Crippen LogP contribution in [0.4, 0.5) is 0 Å². The highest BCUT2D eigenvalue weighted by Crippen LogP contribution is 1.97. The second-order valence-corrected chi connectivity index (χ2v) is 5.15. The molecule has 1 aromatic heterocycles. The van der Waals surface area contributed by atoms with Crippen molar-refractivity contribution < 1.29 is 10.5 Å². The first-order valence-corrected chi connectivity index (χ1v) is 7.33. The van der Waals surface area contributed by atoms with Crippen LogP contribution in [-0.4, -0.2) is 40.1 Å². The number of aromatic amines is 2. The number of carbonyl (C=O) groups is 1. The third-order valence-corrected chi connectivity index (χ3v) is 3.23. The van der Waals surface area contributed by atoms with Gasteiger partial charge in [-0.05, 0) is 18.9 Å². The zero-order chi connectivity index (χ0) is 15.1. The van der Waals surface area contributed by atoms with Gasteiger partial charge in [-0.3, -0.25) is 14.6 Å². The number of aryl methyl sites for hydroxylation is 1. The third kappa shape index (κ3) is 4.67. The second-order valence-electron chi connectivity index (χ2n) is 4.16. The molecule has 1 aromatic rings. The van der Waals surface area contributed by atoms with Crippen LogP contribution in [0, 0.1) is 6.92 Å². The van der Waals surface area contributed by atoms with Crippen molar-refractivity contribution in [3.8, 4) is 0 Å². The molecule has 0 radical (unpaired) electrons. The van der Waals surface area contributed by atoms with Crippen molar-refractivity contribution in [3.05, 3.63) is 32.1 Å². The summed E-state index contributed by atoms with van der Waals surface area (Å²) in [7, 11) is 0. The molecule has 0 saturated heterocycles. The fourth-order valence-electron chi connectivity index (χ4n) is 1.41. The van der Waals surface area contributed by atoms with Gasteiger partial charge in [0.2, 0.25) is 0 Å². The number of aromatic nitrogens is 2. The van der Waals surface area contributed by atoms with Gasteiger partial charge in [0.05, 0.1) is 11.8 Å².